The first-order valence-electron chi connectivity index (χ1n) is 9.12. The van der Waals surface area contributed by atoms with Gasteiger partial charge in [-0.25, -0.2) is 0 Å². The first-order chi connectivity index (χ1) is 11.8. The van der Waals surface area contributed by atoms with E-state index < -0.39 is 0 Å². The van der Waals surface area contributed by atoms with E-state index in [0.29, 0.717) is 6.61 Å². The van der Waals surface area contributed by atoms with Crippen molar-refractivity contribution >= 4 is 5.97 Å². The molecule has 0 saturated heterocycles. The van der Waals surface area contributed by atoms with Gasteiger partial charge in [0.25, 0.3) is 0 Å². The lowest BCUT2D eigenvalue weighted by Crippen LogP contribution is -2.20. The Hall–Kier alpha value is -2.09. The van der Waals surface area contributed by atoms with E-state index in [2.05, 4.69) is 48.5 Å². The smallest absolute Gasteiger partial charge is 0.309 e. The number of ether oxygens (including phenoxy) is 1. The van der Waals surface area contributed by atoms with E-state index in [1.807, 2.05) is 6.92 Å². The van der Waals surface area contributed by atoms with Crippen LogP contribution >= 0.6 is 0 Å². The number of carbonyl (C=O) groups excluding carboxylic acids is 1. The molecule has 0 radical (unpaired) electrons. The SMILES string of the molecule is CCOC(=O)C1CCCCCc2cccc(c2)-c2ccccc2C1. The summed E-state index contributed by atoms with van der Waals surface area (Å²) >= 11 is 0. The number of carbonyl (C=O) groups is 1. The Labute approximate surface area is 144 Å². The van der Waals surface area contributed by atoms with Crippen LogP contribution in [0.15, 0.2) is 48.5 Å². The van der Waals surface area contributed by atoms with Crippen LogP contribution in [0.1, 0.15) is 43.7 Å². The molecule has 0 aromatic heterocycles. The Balaban J connectivity index is 1.98. The van der Waals surface area contributed by atoms with Gasteiger partial charge in [-0.2, -0.15) is 0 Å². The molecule has 1 aliphatic carbocycles. The highest BCUT2D eigenvalue weighted by atomic mass is 16.5. The van der Waals surface area contributed by atoms with Gasteiger partial charge in [0, 0.05) is 0 Å². The molecule has 2 heteroatoms. The Bertz CT molecular complexity index is 690. The van der Waals surface area contributed by atoms with Crippen molar-refractivity contribution < 1.29 is 9.53 Å². The van der Waals surface area contributed by atoms with E-state index >= 15 is 0 Å². The Morgan fingerprint density at radius 2 is 1.96 bits per heavy atom. The largest absolute Gasteiger partial charge is 0.466 e. The van der Waals surface area contributed by atoms with Crippen molar-refractivity contribution in [2.75, 3.05) is 6.61 Å². The van der Waals surface area contributed by atoms with E-state index in [-0.39, 0.29) is 11.9 Å². The molecule has 2 bridgehead atoms. The third-order valence-corrected chi connectivity index (χ3v) is 4.86. The summed E-state index contributed by atoms with van der Waals surface area (Å²) in [6, 6.07) is 17.3. The maximum Gasteiger partial charge on any atom is 0.309 e. The fraction of sp³-hybridized carbons (Fsp3) is 0.409. The number of aryl methyl sites for hydroxylation is 1. The van der Waals surface area contributed by atoms with Gasteiger partial charge in [0.05, 0.1) is 12.5 Å². The minimum atomic E-state index is -0.0434. The molecule has 0 spiro atoms. The normalized spacial score (nSPS) is 18.0. The van der Waals surface area contributed by atoms with E-state index in [4.69, 9.17) is 4.74 Å². The van der Waals surface area contributed by atoms with Crippen molar-refractivity contribution in [1.82, 2.24) is 0 Å². The summed E-state index contributed by atoms with van der Waals surface area (Å²) in [5.41, 5.74) is 5.15. The van der Waals surface area contributed by atoms with Crippen molar-refractivity contribution in [1.29, 1.82) is 0 Å². The molecule has 126 valence electrons. The lowest BCUT2D eigenvalue weighted by molar-refractivity contribution is -0.148. The van der Waals surface area contributed by atoms with Gasteiger partial charge in [-0.15, -0.1) is 0 Å². The third kappa shape index (κ3) is 4.05. The zero-order chi connectivity index (χ0) is 16.8. The molecule has 2 nitrogen and oxygen atoms in total. The summed E-state index contributed by atoms with van der Waals surface area (Å²) in [5.74, 6) is -0.0770. The topological polar surface area (TPSA) is 26.3 Å². The first-order valence-corrected chi connectivity index (χ1v) is 9.12. The molecule has 1 atom stereocenters. The van der Waals surface area contributed by atoms with E-state index in [1.54, 1.807) is 0 Å². The quantitative estimate of drug-likeness (QED) is 0.711. The molecule has 2 aromatic carbocycles. The fourth-order valence-electron chi connectivity index (χ4n) is 3.60. The zero-order valence-corrected chi connectivity index (χ0v) is 14.5. The predicted octanol–water partition coefficient (Wildman–Crippen LogP) is 5.19. The summed E-state index contributed by atoms with van der Waals surface area (Å²) in [7, 11) is 0. The second-order valence-electron chi connectivity index (χ2n) is 6.61. The maximum atomic E-state index is 12.4. The van der Waals surface area contributed by atoms with E-state index in [9.17, 15) is 4.79 Å². The fourth-order valence-corrected chi connectivity index (χ4v) is 3.60. The zero-order valence-electron chi connectivity index (χ0n) is 14.5. The minimum Gasteiger partial charge on any atom is -0.466 e. The monoisotopic (exact) mass is 322 g/mol. The van der Waals surface area contributed by atoms with E-state index in [1.165, 1.54) is 35.1 Å². The van der Waals surface area contributed by atoms with E-state index in [0.717, 1.165) is 25.7 Å². The number of rotatable bonds is 2. The van der Waals surface area contributed by atoms with Gasteiger partial charge < -0.3 is 4.74 Å². The molecule has 0 aliphatic heterocycles. The molecule has 0 saturated carbocycles. The Morgan fingerprint density at radius 1 is 1.08 bits per heavy atom. The molecule has 24 heavy (non-hydrogen) atoms. The van der Waals surface area contributed by atoms with Crippen molar-refractivity contribution in [3.05, 3.63) is 59.7 Å². The summed E-state index contributed by atoms with van der Waals surface area (Å²) < 4.78 is 5.33. The molecule has 0 amide bonds. The summed E-state index contributed by atoms with van der Waals surface area (Å²) in [4.78, 5) is 12.4. The first kappa shape index (κ1) is 16.8. The van der Waals surface area contributed by atoms with Gasteiger partial charge in [0.2, 0.25) is 0 Å². The second-order valence-corrected chi connectivity index (χ2v) is 6.61. The highest BCUT2D eigenvalue weighted by Crippen LogP contribution is 2.29. The number of fused-ring (bicyclic) bond motifs is 4. The predicted molar refractivity (Wildman–Crippen MR) is 97.9 cm³/mol. The van der Waals surface area contributed by atoms with Crippen LogP contribution in [-0.4, -0.2) is 12.6 Å². The number of hydrogen-bond acceptors (Lipinski definition) is 2. The van der Waals surface area contributed by atoms with Crippen molar-refractivity contribution in [2.45, 2.75) is 45.4 Å². The van der Waals surface area contributed by atoms with Crippen LogP contribution in [0.4, 0.5) is 0 Å². The average molecular weight is 322 g/mol. The molecular weight excluding hydrogens is 296 g/mol. The highest BCUT2D eigenvalue weighted by Gasteiger charge is 2.21. The lowest BCUT2D eigenvalue weighted by atomic mass is 9.87. The highest BCUT2D eigenvalue weighted by molar-refractivity contribution is 5.74. The average Bonchev–Trinajstić information content (AvgIpc) is 2.60. The number of benzene rings is 2. The molecular formula is C22H26O2. The standard InChI is InChI=1S/C22H26O2/c1-2-24-22(23)20-12-5-3-4-9-17-10-8-13-18(15-17)21-14-7-6-11-19(21)16-20/h6-8,10-11,13-15,20H,2-5,9,12,16H2,1H3. The molecule has 2 aromatic rings. The molecule has 0 N–H and O–H groups in total. The van der Waals surface area contributed by atoms with Crippen molar-refractivity contribution in [3.8, 4) is 11.1 Å². The molecule has 3 rings (SSSR count). The van der Waals surface area contributed by atoms with Gasteiger partial charge in [-0.3, -0.25) is 4.79 Å². The van der Waals surface area contributed by atoms with Gasteiger partial charge >= 0.3 is 5.97 Å². The van der Waals surface area contributed by atoms with Crippen LogP contribution in [-0.2, 0) is 22.4 Å². The Morgan fingerprint density at radius 3 is 2.83 bits per heavy atom. The van der Waals surface area contributed by atoms with Gasteiger partial charge in [0.15, 0.2) is 0 Å². The van der Waals surface area contributed by atoms with Crippen LogP contribution in [0.2, 0.25) is 0 Å². The minimum absolute atomic E-state index is 0.0336. The lowest BCUT2D eigenvalue weighted by Gasteiger charge is -2.19. The summed E-state index contributed by atoms with van der Waals surface area (Å²) in [6.07, 6.45) is 6.23. The van der Waals surface area contributed by atoms with Crippen molar-refractivity contribution in [2.24, 2.45) is 5.92 Å². The van der Waals surface area contributed by atoms with Gasteiger partial charge in [-0.05, 0) is 54.9 Å². The molecule has 1 unspecified atom stereocenters. The van der Waals surface area contributed by atoms with Crippen LogP contribution in [0.5, 0.6) is 0 Å². The van der Waals surface area contributed by atoms with Crippen LogP contribution in [0, 0.1) is 5.92 Å². The summed E-state index contributed by atoms with van der Waals surface area (Å²) in [5, 5.41) is 0. The molecule has 1 aliphatic rings. The van der Waals surface area contributed by atoms with Crippen LogP contribution < -0.4 is 0 Å². The van der Waals surface area contributed by atoms with Crippen molar-refractivity contribution in [3.63, 3.8) is 0 Å². The molecule has 0 fully saturated rings. The number of hydrogen-bond donors (Lipinski definition) is 0. The third-order valence-electron chi connectivity index (χ3n) is 4.86. The summed E-state index contributed by atoms with van der Waals surface area (Å²) in [6.45, 7) is 2.34. The number of esters is 1. The maximum absolute atomic E-state index is 12.4. The van der Waals surface area contributed by atoms with Crippen LogP contribution in [0.3, 0.4) is 0 Å². The van der Waals surface area contributed by atoms with Crippen LogP contribution in [0.25, 0.3) is 11.1 Å². The molecule has 0 heterocycles. The second kappa shape index (κ2) is 8.14. The Kier molecular flexibility index (Phi) is 5.68. The van der Waals surface area contributed by atoms with Gasteiger partial charge in [-0.1, -0.05) is 61.4 Å². The van der Waals surface area contributed by atoms with Gasteiger partial charge in [0.1, 0.15) is 0 Å².